The Morgan fingerprint density at radius 2 is 2.24 bits per heavy atom. The summed E-state index contributed by atoms with van der Waals surface area (Å²) in [6, 6.07) is 2.14. The lowest BCUT2D eigenvalue weighted by Crippen LogP contribution is -2.32. The standard InChI is InChI=1S/C14H21BrN2O3S/c1-4-17(9-10(2)3)21(18,19)13-7-12(20-14(13)15)8-16-11-5-6-11/h7,11,16H,2,4-6,8-9H2,1,3H3. The molecule has 1 saturated carbocycles. The number of hydrogen-bond donors (Lipinski definition) is 1. The summed E-state index contributed by atoms with van der Waals surface area (Å²) < 4.78 is 32.5. The third kappa shape index (κ3) is 4.18. The summed E-state index contributed by atoms with van der Waals surface area (Å²) in [7, 11) is -3.57. The zero-order valence-electron chi connectivity index (χ0n) is 12.4. The fraction of sp³-hybridized carbons (Fsp3) is 0.571. The number of rotatable bonds is 8. The first-order valence-electron chi connectivity index (χ1n) is 7.00. The van der Waals surface area contributed by atoms with Crippen molar-refractivity contribution in [3.05, 3.63) is 28.6 Å². The molecule has 0 spiro atoms. The SMILES string of the molecule is C=C(C)CN(CC)S(=O)(=O)c1cc(CNC2CC2)oc1Br. The monoisotopic (exact) mass is 376 g/mol. The summed E-state index contributed by atoms with van der Waals surface area (Å²) in [5.74, 6) is 0.624. The van der Waals surface area contributed by atoms with Crippen LogP contribution in [0.4, 0.5) is 0 Å². The second-order valence-corrected chi connectivity index (χ2v) is 8.02. The fourth-order valence-corrected chi connectivity index (χ4v) is 4.47. The van der Waals surface area contributed by atoms with Gasteiger partial charge in [-0.2, -0.15) is 4.31 Å². The molecule has 118 valence electrons. The van der Waals surface area contributed by atoms with Crippen LogP contribution < -0.4 is 5.32 Å². The molecular formula is C14H21BrN2O3S. The van der Waals surface area contributed by atoms with E-state index < -0.39 is 10.0 Å². The molecule has 1 N–H and O–H groups in total. The number of furan rings is 1. The van der Waals surface area contributed by atoms with E-state index in [0.717, 1.165) is 5.57 Å². The van der Waals surface area contributed by atoms with Crippen LogP contribution >= 0.6 is 15.9 Å². The predicted molar refractivity (Wildman–Crippen MR) is 85.5 cm³/mol. The Morgan fingerprint density at radius 3 is 2.76 bits per heavy atom. The van der Waals surface area contributed by atoms with Gasteiger partial charge in [-0.05, 0) is 35.7 Å². The molecule has 0 amide bonds. The van der Waals surface area contributed by atoms with Crippen LogP contribution in [-0.2, 0) is 16.6 Å². The van der Waals surface area contributed by atoms with Crippen LogP contribution in [0.1, 0.15) is 32.4 Å². The normalized spacial score (nSPS) is 15.6. The molecule has 1 aliphatic rings. The number of nitrogens with one attached hydrogen (secondary N) is 1. The maximum atomic E-state index is 12.7. The maximum Gasteiger partial charge on any atom is 0.247 e. The molecule has 0 aliphatic heterocycles. The Hall–Kier alpha value is -0.630. The van der Waals surface area contributed by atoms with Gasteiger partial charge in [0.25, 0.3) is 0 Å². The first-order valence-corrected chi connectivity index (χ1v) is 9.24. The lowest BCUT2D eigenvalue weighted by Gasteiger charge is -2.19. The van der Waals surface area contributed by atoms with Crippen molar-refractivity contribution in [2.45, 2.75) is 44.2 Å². The van der Waals surface area contributed by atoms with Gasteiger partial charge in [-0.15, -0.1) is 0 Å². The van der Waals surface area contributed by atoms with Crippen molar-refractivity contribution in [3.63, 3.8) is 0 Å². The van der Waals surface area contributed by atoms with Crippen LogP contribution in [0.2, 0.25) is 0 Å². The zero-order valence-corrected chi connectivity index (χ0v) is 14.8. The van der Waals surface area contributed by atoms with Crippen LogP contribution in [0.25, 0.3) is 0 Å². The third-order valence-electron chi connectivity index (χ3n) is 3.27. The minimum absolute atomic E-state index is 0.179. The molecule has 0 radical (unpaired) electrons. The number of likely N-dealkylation sites (N-methyl/N-ethyl adjacent to an activating group) is 1. The Bertz CT molecular complexity index is 620. The number of nitrogens with zero attached hydrogens (tertiary/aromatic N) is 1. The molecule has 0 unspecified atom stereocenters. The molecule has 1 fully saturated rings. The highest BCUT2D eigenvalue weighted by atomic mass is 79.9. The van der Waals surface area contributed by atoms with Crippen molar-refractivity contribution in [1.29, 1.82) is 0 Å². The van der Waals surface area contributed by atoms with E-state index in [9.17, 15) is 8.42 Å². The van der Waals surface area contributed by atoms with E-state index in [4.69, 9.17) is 4.42 Å². The molecule has 0 atom stereocenters. The predicted octanol–water partition coefficient (Wildman–Crippen LogP) is 2.88. The number of halogens is 1. The zero-order chi connectivity index (χ0) is 15.6. The number of sulfonamides is 1. The van der Waals surface area contributed by atoms with E-state index in [1.807, 2.05) is 13.8 Å². The molecule has 0 saturated heterocycles. The molecule has 0 bridgehead atoms. The Balaban J connectivity index is 2.19. The molecule has 21 heavy (non-hydrogen) atoms. The van der Waals surface area contributed by atoms with Gasteiger partial charge >= 0.3 is 0 Å². The van der Waals surface area contributed by atoms with Gasteiger partial charge < -0.3 is 9.73 Å². The number of hydrogen-bond acceptors (Lipinski definition) is 4. The van der Waals surface area contributed by atoms with E-state index in [-0.39, 0.29) is 9.56 Å². The van der Waals surface area contributed by atoms with Gasteiger partial charge in [0.2, 0.25) is 10.0 Å². The summed E-state index contributed by atoms with van der Waals surface area (Å²) >= 11 is 3.22. The molecule has 1 heterocycles. The Kier molecular flexibility index (Phi) is 5.29. The quantitative estimate of drug-likeness (QED) is 0.708. The van der Waals surface area contributed by atoms with Gasteiger partial charge in [0, 0.05) is 25.2 Å². The van der Waals surface area contributed by atoms with Crippen molar-refractivity contribution < 1.29 is 12.8 Å². The van der Waals surface area contributed by atoms with Crippen molar-refractivity contribution in [2.24, 2.45) is 0 Å². The highest BCUT2D eigenvalue weighted by molar-refractivity contribution is 9.10. The second kappa shape index (κ2) is 6.64. The molecule has 2 rings (SSSR count). The molecule has 5 nitrogen and oxygen atoms in total. The third-order valence-corrected chi connectivity index (χ3v) is 6.04. The van der Waals surface area contributed by atoms with Crippen molar-refractivity contribution in [2.75, 3.05) is 13.1 Å². The molecule has 7 heteroatoms. The Morgan fingerprint density at radius 1 is 1.57 bits per heavy atom. The molecular weight excluding hydrogens is 356 g/mol. The lowest BCUT2D eigenvalue weighted by atomic mass is 10.3. The van der Waals surface area contributed by atoms with Crippen molar-refractivity contribution >= 4 is 26.0 Å². The highest BCUT2D eigenvalue weighted by Gasteiger charge is 2.29. The van der Waals surface area contributed by atoms with Crippen molar-refractivity contribution in [1.82, 2.24) is 9.62 Å². The van der Waals surface area contributed by atoms with Gasteiger partial charge in [-0.25, -0.2) is 8.42 Å². The van der Waals surface area contributed by atoms with Crippen LogP contribution in [-0.4, -0.2) is 31.9 Å². The fourth-order valence-electron chi connectivity index (χ4n) is 2.00. The van der Waals surface area contributed by atoms with Crippen LogP contribution in [0, 0.1) is 0 Å². The average molecular weight is 377 g/mol. The van der Waals surface area contributed by atoms with Crippen LogP contribution in [0.15, 0.2) is 32.2 Å². The van der Waals surface area contributed by atoms with Gasteiger partial charge in [-0.1, -0.05) is 19.1 Å². The first kappa shape index (κ1) is 16.7. The summed E-state index contributed by atoms with van der Waals surface area (Å²) in [5.41, 5.74) is 0.802. The van der Waals surface area contributed by atoms with Gasteiger partial charge in [-0.3, -0.25) is 0 Å². The molecule has 1 aliphatic carbocycles. The van der Waals surface area contributed by atoms with E-state index in [2.05, 4.69) is 27.8 Å². The van der Waals surface area contributed by atoms with E-state index >= 15 is 0 Å². The van der Waals surface area contributed by atoms with Gasteiger partial charge in [0.05, 0.1) is 6.54 Å². The van der Waals surface area contributed by atoms with Crippen LogP contribution in [0.3, 0.4) is 0 Å². The topological polar surface area (TPSA) is 62.6 Å². The largest absolute Gasteiger partial charge is 0.452 e. The summed E-state index contributed by atoms with van der Waals surface area (Å²) in [4.78, 5) is 0.179. The molecule has 1 aromatic rings. The van der Waals surface area contributed by atoms with Crippen LogP contribution in [0.5, 0.6) is 0 Å². The lowest BCUT2D eigenvalue weighted by molar-refractivity contribution is 0.443. The van der Waals surface area contributed by atoms with Crippen molar-refractivity contribution in [3.8, 4) is 0 Å². The van der Waals surface area contributed by atoms with E-state index in [1.165, 1.54) is 17.1 Å². The van der Waals surface area contributed by atoms with Gasteiger partial charge in [0.1, 0.15) is 10.7 Å². The summed E-state index contributed by atoms with van der Waals surface area (Å²) in [6.45, 7) is 8.65. The average Bonchev–Trinajstić information content (AvgIpc) is 3.15. The van der Waals surface area contributed by atoms with E-state index in [1.54, 1.807) is 6.07 Å². The van der Waals surface area contributed by atoms with E-state index in [0.29, 0.717) is 31.4 Å². The second-order valence-electron chi connectivity index (χ2n) is 5.39. The summed E-state index contributed by atoms with van der Waals surface area (Å²) in [6.07, 6.45) is 2.35. The highest BCUT2D eigenvalue weighted by Crippen LogP contribution is 2.29. The molecule has 1 aromatic heterocycles. The first-order chi connectivity index (χ1) is 9.84. The maximum absolute atomic E-state index is 12.7. The Labute approximate surface area is 134 Å². The summed E-state index contributed by atoms with van der Waals surface area (Å²) in [5, 5.41) is 3.30. The minimum atomic E-state index is -3.57. The van der Waals surface area contributed by atoms with Gasteiger partial charge in [0.15, 0.2) is 4.67 Å². The molecule has 0 aromatic carbocycles. The minimum Gasteiger partial charge on any atom is -0.452 e. The smallest absolute Gasteiger partial charge is 0.247 e.